The maximum absolute atomic E-state index is 14.6. The quantitative estimate of drug-likeness (QED) is 0.307. The Kier molecular flexibility index (Phi) is 6.36. The normalized spacial score (nSPS) is 11.7. The fourth-order valence-corrected chi connectivity index (χ4v) is 4.64. The maximum Gasteiger partial charge on any atom is 0.339 e. The second kappa shape index (κ2) is 9.16. The van der Waals surface area contributed by atoms with Crippen LogP contribution in [0.4, 0.5) is 8.78 Å². The molecule has 0 saturated carbocycles. The highest BCUT2D eigenvalue weighted by Crippen LogP contribution is 2.47. The summed E-state index contributed by atoms with van der Waals surface area (Å²) in [5, 5.41) is 31.0. The van der Waals surface area contributed by atoms with Crippen molar-refractivity contribution in [1.82, 2.24) is 4.57 Å². The molecule has 0 spiro atoms. The Labute approximate surface area is 205 Å². The first-order chi connectivity index (χ1) is 17.0. The van der Waals surface area contributed by atoms with Crippen molar-refractivity contribution in [2.75, 3.05) is 20.8 Å². The minimum Gasteiger partial charge on any atom is -0.507 e. The largest absolute Gasteiger partial charge is 0.507 e. The molecule has 4 rings (SSSR count). The SMILES string of the molecule is COCC(C)(C)c1c(-c2ccc(C(=O)O)c(O)c2)c2c(O)cc(F)cc2n1-c1ccc(F)c(OC)c1. The number of aromatic nitrogens is 1. The fraction of sp³-hybridized carbons (Fsp3) is 0.222. The number of carboxylic acid groups (broad SMARTS) is 1. The molecule has 0 unspecified atom stereocenters. The molecule has 0 aliphatic carbocycles. The third-order valence-corrected chi connectivity index (χ3v) is 6.07. The van der Waals surface area contributed by atoms with Crippen molar-refractivity contribution < 1.29 is 38.4 Å². The lowest BCUT2D eigenvalue weighted by Gasteiger charge is -2.28. The summed E-state index contributed by atoms with van der Waals surface area (Å²) in [6.45, 7) is 3.96. The van der Waals surface area contributed by atoms with Crippen LogP contribution in [0.5, 0.6) is 17.2 Å². The Morgan fingerprint density at radius 1 is 1.00 bits per heavy atom. The highest BCUT2D eigenvalue weighted by atomic mass is 19.1. The number of aromatic carboxylic acids is 1. The van der Waals surface area contributed by atoms with E-state index in [1.807, 2.05) is 13.8 Å². The zero-order chi connectivity index (χ0) is 26.4. The molecule has 0 saturated heterocycles. The molecule has 7 nitrogen and oxygen atoms in total. The van der Waals surface area contributed by atoms with Crippen LogP contribution in [0.25, 0.3) is 27.7 Å². The predicted molar refractivity (Wildman–Crippen MR) is 130 cm³/mol. The van der Waals surface area contributed by atoms with Crippen molar-refractivity contribution in [3.63, 3.8) is 0 Å². The lowest BCUT2D eigenvalue weighted by molar-refractivity contribution is 0.0693. The number of phenols is 2. The van der Waals surface area contributed by atoms with E-state index in [0.717, 1.165) is 6.07 Å². The van der Waals surface area contributed by atoms with Crippen molar-refractivity contribution >= 4 is 16.9 Å². The van der Waals surface area contributed by atoms with Crippen LogP contribution < -0.4 is 4.74 Å². The number of fused-ring (bicyclic) bond motifs is 1. The van der Waals surface area contributed by atoms with Gasteiger partial charge in [-0.25, -0.2) is 13.6 Å². The molecule has 0 aliphatic heterocycles. The second-order valence-corrected chi connectivity index (χ2v) is 9.05. The van der Waals surface area contributed by atoms with Gasteiger partial charge < -0.3 is 29.4 Å². The number of carbonyl (C=O) groups is 1. The molecule has 0 bridgehead atoms. The van der Waals surface area contributed by atoms with Crippen LogP contribution in [-0.2, 0) is 10.2 Å². The van der Waals surface area contributed by atoms with Crippen molar-refractivity contribution in [3.05, 3.63) is 71.4 Å². The Bertz CT molecular complexity index is 1490. The summed E-state index contributed by atoms with van der Waals surface area (Å²) in [5.41, 5.74) is 1.01. The average molecular weight is 497 g/mol. The van der Waals surface area contributed by atoms with E-state index in [1.54, 1.807) is 4.57 Å². The summed E-state index contributed by atoms with van der Waals surface area (Å²) in [4.78, 5) is 11.5. The van der Waals surface area contributed by atoms with Crippen LogP contribution in [0.3, 0.4) is 0 Å². The summed E-state index contributed by atoms with van der Waals surface area (Å²) in [7, 11) is 2.86. The molecular formula is C27H25F2NO6. The van der Waals surface area contributed by atoms with Gasteiger partial charge in [-0.15, -0.1) is 0 Å². The second-order valence-electron chi connectivity index (χ2n) is 9.05. The first kappa shape index (κ1) is 25.0. The van der Waals surface area contributed by atoms with Crippen molar-refractivity contribution in [3.8, 4) is 34.1 Å². The molecule has 0 aliphatic rings. The highest BCUT2D eigenvalue weighted by molar-refractivity contribution is 6.04. The maximum atomic E-state index is 14.6. The fourth-order valence-electron chi connectivity index (χ4n) is 4.64. The van der Waals surface area contributed by atoms with Gasteiger partial charge in [-0.1, -0.05) is 19.9 Å². The summed E-state index contributed by atoms with van der Waals surface area (Å²) in [6, 6.07) is 10.4. The Morgan fingerprint density at radius 3 is 2.33 bits per heavy atom. The van der Waals surface area contributed by atoms with E-state index in [0.29, 0.717) is 22.5 Å². The molecule has 0 fully saturated rings. The number of rotatable bonds is 7. The van der Waals surface area contributed by atoms with Gasteiger partial charge in [0.1, 0.15) is 22.9 Å². The minimum atomic E-state index is -1.30. The van der Waals surface area contributed by atoms with E-state index in [-0.39, 0.29) is 34.6 Å². The van der Waals surface area contributed by atoms with Crippen LogP contribution in [0.15, 0.2) is 48.5 Å². The number of aromatic hydroxyl groups is 2. The summed E-state index contributed by atoms with van der Waals surface area (Å²) in [6.07, 6.45) is 0. The van der Waals surface area contributed by atoms with E-state index in [1.165, 1.54) is 56.7 Å². The van der Waals surface area contributed by atoms with Gasteiger partial charge in [-0.2, -0.15) is 0 Å². The number of halogens is 2. The van der Waals surface area contributed by atoms with Gasteiger partial charge in [0.25, 0.3) is 0 Å². The molecule has 4 aromatic rings. The predicted octanol–water partition coefficient (Wildman–Crippen LogP) is 5.62. The van der Waals surface area contributed by atoms with Gasteiger partial charge >= 0.3 is 5.97 Å². The van der Waals surface area contributed by atoms with E-state index in [9.17, 15) is 28.9 Å². The topological polar surface area (TPSA) is 101 Å². The number of hydrogen-bond acceptors (Lipinski definition) is 5. The van der Waals surface area contributed by atoms with Crippen molar-refractivity contribution in [2.24, 2.45) is 0 Å². The summed E-state index contributed by atoms with van der Waals surface area (Å²) < 4.78 is 41.2. The van der Waals surface area contributed by atoms with Gasteiger partial charge in [-0.3, -0.25) is 0 Å². The van der Waals surface area contributed by atoms with Gasteiger partial charge in [0.05, 0.1) is 24.6 Å². The van der Waals surface area contributed by atoms with Gasteiger partial charge in [0, 0.05) is 41.6 Å². The van der Waals surface area contributed by atoms with Crippen LogP contribution in [0.1, 0.15) is 29.9 Å². The zero-order valence-electron chi connectivity index (χ0n) is 20.1. The molecule has 0 atom stereocenters. The van der Waals surface area contributed by atoms with E-state index < -0.39 is 28.8 Å². The summed E-state index contributed by atoms with van der Waals surface area (Å²) >= 11 is 0. The Hall–Kier alpha value is -4.11. The Balaban J connectivity index is 2.22. The third kappa shape index (κ3) is 4.11. The first-order valence-corrected chi connectivity index (χ1v) is 11.0. The minimum absolute atomic E-state index is 0.0320. The molecule has 1 aromatic heterocycles. The van der Waals surface area contributed by atoms with Crippen molar-refractivity contribution in [1.29, 1.82) is 0 Å². The molecule has 1 heterocycles. The first-order valence-electron chi connectivity index (χ1n) is 11.0. The van der Waals surface area contributed by atoms with E-state index in [4.69, 9.17) is 9.47 Å². The number of methoxy groups -OCH3 is 2. The molecule has 0 radical (unpaired) electrons. The molecule has 3 N–H and O–H groups in total. The molecule has 3 aromatic carbocycles. The number of phenolic OH excluding ortho intramolecular Hbond substituents is 1. The molecule has 188 valence electrons. The van der Waals surface area contributed by atoms with Gasteiger partial charge in [0.15, 0.2) is 11.6 Å². The van der Waals surface area contributed by atoms with Crippen molar-refractivity contribution in [2.45, 2.75) is 19.3 Å². The van der Waals surface area contributed by atoms with Gasteiger partial charge in [-0.05, 0) is 35.9 Å². The average Bonchev–Trinajstić information content (AvgIpc) is 3.15. The monoisotopic (exact) mass is 497 g/mol. The molecule has 9 heteroatoms. The van der Waals surface area contributed by atoms with Gasteiger partial charge in [0.2, 0.25) is 0 Å². The number of nitrogens with zero attached hydrogens (tertiary/aromatic N) is 1. The lowest BCUT2D eigenvalue weighted by Crippen LogP contribution is -2.27. The smallest absolute Gasteiger partial charge is 0.339 e. The number of hydrogen-bond donors (Lipinski definition) is 3. The van der Waals surface area contributed by atoms with Crippen LogP contribution in [0, 0.1) is 11.6 Å². The van der Waals surface area contributed by atoms with E-state index >= 15 is 0 Å². The van der Waals surface area contributed by atoms with Crippen LogP contribution in [-0.4, -0.2) is 46.7 Å². The number of carboxylic acids is 1. The van der Waals surface area contributed by atoms with E-state index in [2.05, 4.69) is 0 Å². The summed E-state index contributed by atoms with van der Waals surface area (Å²) in [5.74, 6) is -3.44. The molecular weight excluding hydrogens is 472 g/mol. The zero-order valence-corrected chi connectivity index (χ0v) is 20.1. The molecule has 0 amide bonds. The molecule has 36 heavy (non-hydrogen) atoms. The highest BCUT2D eigenvalue weighted by Gasteiger charge is 2.34. The third-order valence-electron chi connectivity index (χ3n) is 6.07. The standard InChI is InChI=1S/C27H25F2NO6/c1-27(2,13-35-3)25-23(14-5-7-17(26(33)34)20(31)9-14)24-19(10-15(28)11-21(24)32)30(25)16-6-8-18(29)22(12-16)36-4/h5-12,31-32H,13H2,1-4H3,(H,33,34). The lowest BCUT2D eigenvalue weighted by atomic mass is 9.84. The number of ether oxygens (including phenoxy) is 2. The Morgan fingerprint density at radius 2 is 1.72 bits per heavy atom. The van der Waals surface area contributed by atoms with Crippen LogP contribution >= 0.6 is 0 Å². The van der Waals surface area contributed by atoms with Crippen LogP contribution in [0.2, 0.25) is 0 Å². The number of benzene rings is 3.